The van der Waals surface area contributed by atoms with E-state index in [1.165, 1.54) is 0 Å². The zero-order valence-corrected chi connectivity index (χ0v) is 8.38. The Bertz CT molecular complexity index is 47.8. The van der Waals surface area contributed by atoms with E-state index in [4.69, 9.17) is 0 Å². The Morgan fingerprint density at radius 3 is 1.11 bits per heavy atom. The Hall–Kier alpha value is 1.54. The van der Waals surface area contributed by atoms with Crippen molar-refractivity contribution < 1.29 is 40.6 Å². The first-order valence-electron chi connectivity index (χ1n) is 2.78. The molecule has 0 radical (unpaired) electrons. The van der Waals surface area contributed by atoms with Crippen LogP contribution in [0.3, 0.4) is 0 Å². The molecule has 0 amide bonds. The van der Waals surface area contributed by atoms with Crippen LogP contribution in [0.25, 0.3) is 0 Å². The summed E-state index contributed by atoms with van der Waals surface area (Å²) in [6.07, 6.45) is 0. The smallest absolute Gasteiger partial charge is 1.00 e. The van der Waals surface area contributed by atoms with Gasteiger partial charge in [-0.25, -0.2) is 0 Å². The summed E-state index contributed by atoms with van der Waals surface area (Å²) in [5.74, 6) is 0. The molecule has 0 saturated carbocycles. The Labute approximate surface area is 90.3 Å². The van der Waals surface area contributed by atoms with Gasteiger partial charge in [-0.3, -0.25) is 0 Å². The molecule has 0 atom stereocenters. The van der Waals surface area contributed by atoms with Crippen LogP contribution in [-0.4, -0.2) is 10.5 Å². The molecule has 0 saturated heterocycles. The van der Waals surface area contributed by atoms with Gasteiger partial charge in [0.25, 0.3) is 0 Å². The average molecular weight is 134 g/mol. The fourth-order valence-corrected chi connectivity index (χ4v) is 1.63. The summed E-state index contributed by atoms with van der Waals surface area (Å²) in [4.78, 5) is 0. The third kappa shape index (κ3) is 17.7. The molecule has 0 rings (SSSR count). The van der Waals surface area contributed by atoms with Crippen molar-refractivity contribution in [2.24, 2.45) is 0 Å². The first-order valence-corrected chi connectivity index (χ1v) is 3.72. The SMILES string of the molecule is CC(C)SC(C)C.[H-].[H-].[Li+].[Li+]. The first kappa shape index (κ1) is 16.9. The molecule has 0 heterocycles. The van der Waals surface area contributed by atoms with E-state index in [0.29, 0.717) is 0 Å². The predicted octanol–water partition coefficient (Wildman–Crippen LogP) is -3.23. The molecule has 0 aliphatic heterocycles. The Kier molecular flexibility index (Phi) is 17.9. The molecular weight excluding hydrogens is 118 g/mol. The molecule has 0 aromatic heterocycles. The molecule has 0 nitrogen and oxygen atoms in total. The minimum atomic E-state index is 0. The zero-order valence-electron chi connectivity index (χ0n) is 9.56. The van der Waals surface area contributed by atoms with Crippen molar-refractivity contribution in [2.45, 2.75) is 38.2 Å². The minimum Gasteiger partial charge on any atom is -1.00 e. The second-order valence-electron chi connectivity index (χ2n) is 2.23. The number of thioether (sulfide) groups is 1. The molecule has 0 unspecified atom stereocenters. The normalized spacial score (nSPS) is 8.67. The molecular formula is C6H16Li2S. The summed E-state index contributed by atoms with van der Waals surface area (Å²) in [6, 6.07) is 0. The van der Waals surface area contributed by atoms with Gasteiger partial charge < -0.3 is 2.85 Å². The van der Waals surface area contributed by atoms with Gasteiger partial charge in [0.15, 0.2) is 0 Å². The van der Waals surface area contributed by atoms with Crippen molar-refractivity contribution in [3.8, 4) is 0 Å². The van der Waals surface area contributed by atoms with Gasteiger partial charge in [-0.15, -0.1) is 0 Å². The molecule has 0 aromatic carbocycles. The van der Waals surface area contributed by atoms with Gasteiger partial charge in [0.2, 0.25) is 0 Å². The van der Waals surface area contributed by atoms with E-state index in [9.17, 15) is 0 Å². The van der Waals surface area contributed by atoms with Gasteiger partial charge in [-0.2, -0.15) is 11.8 Å². The van der Waals surface area contributed by atoms with E-state index < -0.39 is 0 Å². The van der Waals surface area contributed by atoms with Gasteiger partial charge in [-0.05, 0) is 10.5 Å². The van der Waals surface area contributed by atoms with Crippen LogP contribution >= 0.6 is 11.8 Å². The van der Waals surface area contributed by atoms with Crippen LogP contribution in [0.1, 0.15) is 30.5 Å². The largest absolute Gasteiger partial charge is 1.00 e. The van der Waals surface area contributed by atoms with E-state index in [-0.39, 0.29) is 40.6 Å². The first-order chi connectivity index (χ1) is 3.13. The van der Waals surface area contributed by atoms with Gasteiger partial charge in [0, 0.05) is 0 Å². The van der Waals surface area contributed by atoms with Crippen molar-refractivity contribution in [3.63, 3.8) is 0 Å². The molecule has 9 heavy (non-hydrogen) atoms. The average Bonchev–Trinajstić information content (AvgIpc) is 1.27. The fourth-order valence-electron chi connectivity index (χ4n) is 0.544. The molecule has 0 aliphatic rings. The minimum absolute atomic E-state index is 0. The molecule has 48 valence electrons. The molecule has 0 bridgehead atoms. The Balaban J connectivity index is -0.0000000300. The molecule has 0 N–H and O–H groups in total. The van der Waals surface area contributed by atoms with Crippen molar-refractivity contribution in [1.82, 2.24) is 0 Å². The fraction of sp³-hybridized carbons (Fsp3) is 1.00. The summed E-state index contributed by atoms with van der Waals surface area (Å²) in [6.45, 7) is 8.91. The van der Waals surface area contributed by atoms with E-state index in [0.717, 1.165) is 10.5 Å². The summed E-state index contributed by atoms with van der Waals surface area (Å²) < 4.78 is 0. The number of rotatable bonds is 2. The maximum Gasteiger partial charge on any atom is 1.00 e. The van der Waals surface area contributed by atoms with Gasteiger partial charge >= 0.3 is 37.7 Å². The van der Waals surface area contributed by atoms with Gasteiger partial charge in [-0.1, -0.05) is 27.7 Å². The van der Waals surface area contributed by atoms with Gasteiger partial charge in [0.1, 0.15) is 0 Å². The monoisotopic (exact) mass is 134 g/mol. The summed E-state index contributed by atoms with van der Waals surface area (Å²) in [5, 5.41) is 1.58. The third-order valence-corrected chi connectivity index (χ3v) is 1.63. The third-order valence-electron chi connectivity index (χ3n) is 0.544. The maximum atomic E-state index is 2.23. The predicted molar refractivity (Wildman–Crippen MR) is 40.1 cm³/mol. The van der Waals surface area contributed by atoms with Crippen LogP contribution in [0.2, 0.25) is 0 Å². The molecule has 0 aliphatic carbocycles. The molecule has 0 spiro atoms. The second kappa shape index (κ2) is 9.54. The second-order valence-corrected chi connectivity index (χ2v) is 4.39. The molecule has 3 heteroatoms. The number of hydrogen-bond acceptors (Lipinski definition) is 1. The van der Waals surface area contributed by atoms with E-state index in [2.05, 4.69) is 27.7 Å². The summed E-state index contributed by atoms with van der Waals surface area (Å²) >= 11 is 2.01. The van der Waals surface area contributed by atoms with Crippen LogP contribution in [0.4, 0.5) is 0 Å². The van der Waals surface area contributed by atoms with Crippen molar-refractivity contribution in [3.05, 3.63) is 0 Å². The quantitative estimate of drug-likeness (QED) is 0.358. The Morgan fingerprint density at radius 1 is 0.889 bits per heavy atom. The van der Waals surface area contributed by atoms with E-state index >= 15 is 0 Å². The van der Waals surface area contributed by atoms with Crippen LogP contribution < -0.4 is 37.7 Å². The van der Waals surface area contributed by atoms with Crippen molar-refractivity contribution in [2.75, 3.05) is 0 Å². The van der Waals surface area contributed by atoms with Crippen LogP contribution in [0, 0.1) is 0 Å². The Morgan fingerprint density at radius 2 is 1.11 bits per heavy atom. The van der Waals surface area contributed by atoms with Crippen LogP contribution in [0.5, 0.6) is 0 Å². The van der Waals surface area contributed by atoms with Crippen LogP contribution in [0.15, 0.2) is 0 Å². The topological polar surface area (TPSA) is 0 Å². The standard InChI is InChI=1S/C6H14S.2Li.2H/c1-5(2)7-6(3)4;;;;/h5-6H,1-4H3;;;;/q;2*+1;2*-1. The maximum absolute atomic E-state index is 2.23. The summed E-state index contributed by atoms with van der Waals surface area (Å²) in [7, 11) is 0. The molecule has 0 aromatic rings. The van der Waals surface area contributed by atoms with Crippen LogP contribution in [-0.2, 0) is 0 Å². The number of hydrogen-bond donors (Lipinski definition) is 0. The summed E-state index contributed by atoms with van der Waals surface area (Å²) in [5.41, 5.74) is 0. The van der Waals surface area contributed by atoms with E-state index in [1.807, 2.05) is 11.8 Å². The molecule has 0 fully saturated rings. The van der Waals surface area contributed by atoms with Gasteiger partial charge in [0.05, 0.1) is 0 Å². The van der Waals surface area contributed by atoms with Crippen molar-refractivity contribution in [1.29, 1.82) is 0 Å². The van der Waals surface area contributed by atoms with E-state index in [1.54, 1.807) is 0 Å². The zero-order chi connectivity index (χ0) is 5.86. The van der Waals surface area contributed by atoms with Crippen molar-refractivity contribution >= 4 is 11.8 Å².